The molecule has 6 aromatic carbocycles. The third kappa shape index (κ3) is 13.1. The zero-order valence-corrected chi connectivity index (χ0v) is 45.7. The molecule has 6 aromatic rings. The number of esters is 2. The molecule has 4 amide bonds. The minimum atomic E-state index is -4.86. The van der Waals surface area contributed by atoms with Crippen molar-refractivity contribution in [1.82, 2.24) is 14.9 Å². The quantitative estimate of drug-likeness (QED) is 0.0464. The Morgan fingerprint density at radius 2 is 0.889 bits per heavy atom. The van der Waals surface area contributed by atoms with Gasteiger partial charge in [-0.15, -0.1) is 0 Å². The molecule has 1 heterocycles. The van der Waals surface area contributed by atoms with Crippen LogP contribution in [-0.2, 0) is 50.8 Å². The van der Waals surface area contributed by atoms with Crippen molar-refractivity contribution >= 4 is 41.9 Å². The average Bonchev–Trinajstić information content (AvgIpc) is 3.83. The predicted molar refractivity (Wildman–Crippen MR) is 288 cm³/mol. The normalized spacial score (nSPS) is 14.2. The van der Waals surface area contributed by atoms with Gasteiger partial charge in [0.1, 0.15) is 42.3 Å². The van der Waals surface area contributed by atoms with E-state index in [4.69, 9.17) is 23.8 Å². The van der Waals surface area contributed by atoms with E-state index in [2.05, 4.69) is 0 Å². The number of benzene rings is 6. The first-order chi connectivity index (χ1) is 38.2. The van der Waals surface area contributed by atoms with E-state index in [-0.39, 0.29) is 48.2 Å². The van der Waals surface area contributed by atoms with Gasteiger partial charge in [0.25, 0.3) is 11.8 Å². The number of hydrogen-bond donors (Lipinski definition) is 0. The molecule has 0 spiro atoms. The van der Waals surface area contributed by atoms with Crippen molar-refractivity contribution in [3.05, 3.63) is 190 Å². The summed E-state index contributed by atoms with van der Waals surface area (Å²) in [5, 5.41) is 0.354. The molecule has 0 saturated carbocycles. The smallest absolute Gasteiger partial charge is 0.419 e. The predicted octanol–water partition coefficient (Wildman–Crippen LogP) is 11.7. The SMILES string of the molecule is CN(C(=O)OCC1c2ccccc2-c2ccccc21)[C@@H](CC(=O)ON1C(=O)c2ccccc2C1=O)C(=O)OC(C)(C)C.CN(C(=O)OCC1c2ccccc2-c2ccccc21)[C@@H](Cc1ccc(C(F)(F)F)c(F)c1)C(=O)OC(C)(C)C. The summed E-state index contributed by atoms with van der Waals surface area (Å²) in [7, 11) is 2.65. The number of fused-ring (bicyclic) bond motifs is 7. The summed E-state index contributed by atoms with van der Waals surface area (Å²) in [5.41, 5.74) is 5.32. The number of likely N-dealkylation sites (N-methyl/N-ethyl adjacent to an activating group) is 2. The van der Waals surface area contributed by atoms with Gasteiger partial charge < -0.3 is 23.8 Å². The van der Waals surface area contributed by atoms with Crippen molar-refractivity contribution in [3.8, 4) is 22.3 Å². The lowest BCUT2D eigenvalue weighted by atomic mass is 9.98. The molecule has 9 rings (SSSR count). The molecule has 0 fully saturated rings. The largest absolute Gasteiger partial charge is 0.458 e. The van der Waals surface area contributed by atoms with Gasteiger partial charge >= 0.3 is 36.3 Å². The first-order valence-corrected chi connectivity index (χ1v) is 25.9. The zero-order chi connectivity index (χ0) is 58.7. The van der Waals surface area contributed by atoms with E-state index in [1.807, 2.05) is 97.1 Å². The molecule has 1 aliphatic heterocycles. The molecule has 0 unspecified atom stereocenters. The number of hydrogen-bond acceptors (Lipinski definition) is 12. The third-order valence-electron chi connectivity index (χ3n) is 13.6. The highest BCUT2D eigenvalue weighted by Gasteiger charge is 2.42. The molecule has 15 nitrogen and oxygen atoms in total. The first-order valence-electron chi connectivity index (χ1n) is 25.9. The van der Waals surface area contributed by atoms with Crippen LogP contribution in [0.5, 0.6) is 0 Å². The van der Waals surface area contributed by atoms with Crippen LogP contribution in [0.4, 0.5) is 27.2 Å². The molecule has 3 aliphatic rings. The van der Waals surface area contributed by atoms with E-state index in [1.165, 1.54) is 26.2 Å². The lowest BCUT2D eigenvalue weighted by Crippen LogP contribution is -2.47. The monoisotopic (exact) mass is 1110 g/mol. The highest BCUT2D eigenvalue weighted by molar-refractivity contribution is 6.21. The van der Waals surface area contributed by atoms with E-state index in [0.717, 1.165) is 60.4 Å². The van der Waals surface area contributed by atoms with Crippen molar-refractivity contribution in [3.63, 3.8) is 0 Å². The Balaban J connectivity index is 0.000000213. The fourth-order valence-corrected chi connectivity index (χ4v) is 9.83. The van der Waals surface area contributed by atoms with Gasteiger partial charge in [0.15, 0.2) is 0 Å². The summed E-state index contributed by atoms with van der Waals surface area (Å²) in [6.07, 6.45) is -7.50. The van der Waals surface area contributed by atoms with Gasteiger partial charge in [-0.25, -0.2) is 28.4 Å². The van der Waals surface area contributed by atoms with Crippen LogP contribution in [0, 0.1) is 5.82 Å². The van der Waals surface area contributed by atoms with E-state index in [0.29, 0.717) is 17.2 Å². The molecular formula is C62H59F4N3O12. The fraction of sp³-hybridized carbons (Fsp3) is 0.306. The second-order valence-electron chi connectivity index (χ2n) is 21.6. The molecule has 81 heavy (non-hydrogen) atoms. The fourth-order valence-electron chi connectivity index (χ4n) is 9.83. The number of halogens is 4. The highest BCUT2D eigenvalue weighted by atomic mass is 19.4. The van der Waals surface area contributed by atoms with Crippen LogP contribution in [0.3, 0.4) is 0 Å². The lowest BCUT2D eigenvalue weighted by Gasteiger charge is -2.30. The Kier molecular flexibility index (Phi) is 16.9. The van der Waals surface area contributed by atoms with Gasteiger partial charge in [-0.1, -0.05) is 120 Å². The Hall–Kier alpha value is -8.87. The molecule has 0 aromatic heterocycles. The Morgan fingerprint density at radius 1 is 0.531 bits per heavy atom. The molecule has 0 saturated heterocycles. The van der Waals surface area contributed by atoms with Crippen LogP contribution in [-0.4, -0.2) is 107 Å². The van der Waals surface area contributed by atoms with Crippen LogP contribution in [0.2, 0.25) is 0 Å². The van der Waals surface area contributed by atoms with Crippen molar-refractivity contribution in [2.24, 2.45) is 0 Å². The first kappa shape index (κ1) is 58.3. The number of hydroxylamine groups is 2. The van der Waals surface area contributed by atoms with Gasteiger partial charge in [0.05, 0.1) is 23.1 Å². The number of carbonyl (C=O) groups excluding carboxylic acids is 7. The summed E-state index contributed by atoms with van der Waals surface area (Å²) in [4.78, 5) is 97.9. The minimum absolute atomic E-state index is 0.00226. The molecule has 2 atom stereocenters. The van der Waals surface area contributed by atoms with Crippen LogP contribution in [0.15, 0.2) is 140 Å². The van der Waals surface area contributed by atoms with Gasteiger partial charge in [0.2, 0.25) is 0 Å². The number of alkyl halides is 3. The van der Waals surface area contributed by atoms with Crippen LogP contribution in [0.1, 0.15) is 114 Å². The Bertz CT molecular complexity index is 3300. The molecule has 422 valence electrons. The van der Waals surface area contributed by atoms with Gasteiger partial charge in [-0.3, -0.25) is 19.4 Å². The van der Waals surface area contributed by atoms with Crippen molar-refractivity contribution in [1.29, 1.82) is 0 Å². The number of ether oxygens (including phenoxy) is 4. The van der Waals surface area contributed by atoms with Crippen LogP contribution >= 0.6 is 0 Å². The Labute approximate surface area is 465 Å². The summed E-state index contributed by atoms with van der Waals surface area (Å²) in [6, 6.07) is 37.1. The molecule has 19 heteroatoms. The lowest BCUT2D eigenvalue weighted by molar-refractivity contribution is -0.174. The van der Waals surface area contributed by atoms with E-state index in [1.54, 1.807) is 53.7 Å². The number of carbonyl (C=O) groups is 7. The van der Waals surface area contributed by atoms with Crippen molar-refractivity contribution in [2.45, 2.75) is 95.7 Å². The topological polar surface area (TPSA) is 175 Å². The van der Waals surface area contributed by atoms with Gasteiger partial charge in [-0.2, -0.15) is 13.2 Å². The standard InChI is InChI=1S/C32H30N2O8.C30H29F4NO4/c1-32(2,3)41-30(38)26(17-27(35)42-34-28(36)23-15-9-10-16-24(23)29(34)37)33(4)31(39)40-18-25-21-13-7-5-11-19(21)20-12-6-8-14-22(20)25;1-29(2,3)39-27(36)26(16-18-13-14-24(25(31)15-18)30(32,33)34)35(4)28(37)38-17-23-21-11-7-5-9-19(21)20-10-6-8-12-22(20)23/h5-16,25-26H,17-18H2,1-4H3;5-15,23,26H,16-17H2,1-4H3/t2*26-/m00/s1. The number of rotatable bonds is 13. The maximum absolute atomic E-state index is 14.2. The highest BCUT2D eigenvalue weighted by Crippen LogP contribution is 2.46. The van der Waals surface area contributed by atoms with E-state index < -0.39 is 89.2 Å². The maximum Gasteiger partial charge on any atom is 0.419 e. The van der Waals surface area contributed by atoms with E-state index in [9.17, 15) is 51.1 Å². The third-order valence-corrected chi connectivity index (χ3v) is 13.6. The maximum atomic E-state index is 14.2. The van der Waals surface area contributed by atoms with Crippen molar-refractivity contribution in [2.75, 3.05) is 27.3 Å². The average molecular weight is 1110 g/mol. The molecular weight excluding hydrogens is 1050 g/mol. The second kappa shape index (κ2) is 23.5. The molecule has 2 aliphatic carbocycles. The number of nitrogens with zero attached hydrogens (tertiary/aromatic N) is 3. The Morgan fingerprint density at radius 3 is 1.26 bits per heavy atom. The summed E-state index contributed by atoms with van der Waals surface area (Å²) >= 11 is 0. The second-order valence-corrected chi connectivity index (χ2v) is 21.6. The van der Waals surface area contributed by atoms with E-state index >= 15 is 0 Å². The van der Waals surface area contributed by atoms with Gasteiger partial charge in [0, 0.05) is 32.4 Å². The zero-order valence-electron chi connectivity index (χ0n) is 45.7. The number of imide groups is 1. The molecule has 0 N–H and O–H groups in total. The summed E-state index contributed by atoms with van der Waals surface area (Å²) < 4.78 is 75.5. The summed E-state index contributed by atoms with van der Waals surface area (Å²) in [6.45, 7) is 9.88. The summed E-state index contributed by atoms with van der Waals surface area (Å²) in [5.74, 6) is -6.25. The van der Waals surface area contributed by atoms with Crippen LogP contribution < -0.4 is 0 Å². The van der Waals surface area contributed by atoms with Crippen LogP contribution in [0.25, 0.3) is 22.3 Å². The van der Waals surface area contributed by atoms with Crippen molar-refractivity contribution < 1.29 is 74.9 Å². The minimum Gasteiger partial charge on any atom is -0.458 e. The molecule has 0 radical (unpaired) electrons. The van der Waals surface area contributed by atoms with Gasteiger partial charge in [-0.05, 0) is 116 Å². The number of amides is 4. The molecule has 0 bridgehead atoms.